The summed E-state index contributed by atoms with van der Waals surface area (Å²) in [6.07, 6.45) is 1.09. The Balaban J connectivity index is 3.07. The van der Waals surface area contributed by atoms with Crippen molar-refractivity contribution in [2.24, 2.45) is 0 Å². The molecule has 1 unspecified atom stereocenters. The predicted molar refractivity (Wildman–Crippen MR) is 51.4 cm³/mol. The molecule has 0 saturated carbocycles. The van der Waals surface area contributed by atoms with Crippen molar-refractivity contribution in [3.63, 3.8) is 0 Å². The summed E-state index contributed by atoms with van der Waals surface area (Å²) in [4.78, 5) is 3.49. The summed E-state index contributed by atoms with van der Waals surface area (Å²) in [5.41, 5.74) is 1.97. The van der Waals surface area contributed by atoms with Crippen LogP contribution in [0.1, 0.15) is 31.7 Å². The van der Waals surface area contributed by atoms with Crippen molar-refractivity contribution in [1.82, 2.24) is 0 Å². The Morgan fingerprint density at radius 3 is 2.67 bits per heavy atom. The molecule has 0 spiro atoms. The van der Waals surface area contributed by atoms with Gasteiger partial charge in [-0.1, -0.05) is 44.5 Å². The van der Waals surface area contributed by atoms with E-state index in [1.54, 1.807) is 0 Å². The van der Waals surface area contributed by atoms with Crippen LogP contribution in [0.15, 0.2) is 24.3 Å². The van der Waals surface area contributed by atoms with E-state index in [-0.39, 0.29) is 0 Å². The van der Waals surface area contributed by atoms with Gasteiger partial charge in [0, 0.05) is 0 Å². The van der Waals surface area contributed by atoms with Gasteiger partial charge in [0.2, 0.25) is 0 Å². The molecule has 1 nitrogen and oxygen atoms in total. The molecule has 1 heteroatoms. The zero-order valence-electron chi connectivity index (χ0n) is 7.54. The molecule has 0 aromatic heterocycles. The van der Waals surface area contributed by atoms with Gasteiger partial charge in [0.25, 0.3) is 0 Å². The first-order chi connectivity index (χ1) is 5.79. The van der Waals surface area contributed by atoms with Crippen molar-refractivity contribution >= 4 is 5.69 Å². The molecule has 0 amide bonds. The number of rotatable bonds is 2. The van der Waals surface area contributed by atoms with E-state index in [0.717, 1.165) is 12.1 Å². The van der Waals surface area contributed by atoms with Crippen molar-refractivity contribution in [2.75, 3.05) is 0 Å². The first kappa shape index (κ1) is 8.80. The van der Waals surface area contributed by atoms with E-state index in [2.05, 4.69) is 18.7 Å². The molecule has 1 atom stereocenters. The number of hydrogen-bond donors (Lipinski definition) is 0. The molecular weight excluding hydrogens is 146 g/mol. The van der Waals surface area contributed by atoms with Crippen LogP contribution in [-0.2, 0) is 0 Å². The van der Waals surface area contributed by atoms with E-state index in [9.17, 15) is 0 Å². The highest BCUT2D eigenvalue weighted by Gasteiger charge is 2.06. The van der Waals surface area contributed by atoms with Crippen LogP contribution in [0.3, 0.4) is 0 Å². The Morgan fingerprint density at radius 2 is 2.08 bits per heavy atom. The Bertz CT molecular complexity index is 296. The maximum absolute atomic E-state index is 6.98. The lowest BCUT2D eigenvalue weighted by Gasteiger charge is -2.09. The average Bonchev–Trinajstić information content (AvgIpc) is 2.16. The third kappa shape index (κ3) is 1.65. The zero-order chi connectivity index (χ0) is 8.97. The fourth-order valence-corrected chi connectivity index (χ4v) is 1.23. The van der Waals surface area contributed by atoms with Crippen LogP contribution in [0.2, 0.25) is 0 Å². The SMILES string of the molecule is [C-]#[N+]c1ccccc1C(C)CC. The van der Waals surface area contributed by atoms with Crippen molar-refractivity contribution < 1.29 is 0 Å². The summed E-state index contributed by atoms with van der Waals surface area (Å²) in [5, 5.41) is 0. The molecule has 0 heterocycles. The Labute approximate surface area is 73.9 Å². The summed E-state index contributed by atoms with van der Waals surface area (Å²) in [5.74, 6) is 0.496. The minimum absolute atomic E-state index is 0.496. The van der Waals surface area contributed by atoms with E-state index < -0.39 is 0 Å². The molecule has 0 fully saturated rings. The highest BCUT2D eigenvalue weighted by atomic mass is 14.6. The highest BCUT2D eigenvalue weighted by Crippen LogP contribution is 2.28. The topological polar surface area (TPSA) is 4.36 Å². The first-order valence-electron chi connectivity index (χ1n) is 4.26. The van der Waals surface area contributed by atoms with Crippen molar-refractivity contribution in [2.45, 2.75) is 26.2 Å². The lowest BCUT2D eigenvalue weighted by molar-refractivity contribution is 0.736. The summed E-state index contributed by atoms with van der Waals surface area (Å²) in [7, 11) is 0. The number of nitrogens with zero attached hydrogens (tertiary/aromatic N) is 1. The molecule has 0 aliphatic heterocycles. The van der Waals surface area contributed by atoms with Gasteiger partial charge in [-0.25, -0.2) is 4.85 Å². The normalized spacial score (nSPS) is 12.1. The second-order valence-electron chi connectivity index (χ2n) is 2.98. The van der Waals surface area contributed by atoms with Crippen LogP contribution >= 0.6 is 0 Å². The smallest absolute Gasteiger partial charge is 0.190 e. The number of para-hydroxylation sites is 1. The molecule has 1 rings (SSSR count). The molecule has 0 saturated heterocycles. The van der Waals surface area contributed by atoms with E-state index in [4.69, 9.17) is 6.57 Å². The minimum atomic E-state index is 0.496. The fraction of sp³-hybridized carbons (Fsp3) is 0.364. The van der Waals surface area contributed by atoms with Gasteiger partial charge in [0.1, 0.15) is 0 Å². The monoisotopic (exact) mass is 159 g/mol. The predicted octanol–water partition coefficient (Wildman–Crippen LogP) is 3.75. The van der Waals surface area contributed by atoms with Crippen LogP contribution in [-0.4, -0.2) is 0 Å². The van der Waals surface area contributed by atoms with Crippen molar-refractivity contribution in [1.29, 1.82) is 0 Å². The molecule has 1 aromatic rings. The molecule has 0 bridgehead atoms. The Hall–Kier alpha value is -1.29. The van der Waals surface area contributed by atoms with Gasteiger partial charge in [0.05, 0.1) is 6.57 Å². The standard InChI is InChI=1S/C11H13N/c1-4-9(2)10-7-5-6-8-11(10)12-3/h5-9H,4H2,1-2H3. The van der Waals surface area contributed by atoms with Gasteiger partial charge in [-0.05, 0) is 11.5 Å². The van der Waals surface area contributed by atoms with Crippen LogP contribution in [0, 0.1) is 6.57 Å². The van der Waals surface area contributed by atoms with Crippen LogP contribution in [0.4, 0.5) is 5.69 Å². The Morgan fingerprint density at radius 1 is 1.42 bits per heavy atom. The third-order valence-corrected chi connectivity index (χ3v) is 2.20. The van der Waals surface area contributed by atoms with Crippen molar-refractivity contribution in [3.05, 3.63) is 41.2 Å². The zero-order valence-corrected chi connectivity index (χ0v) is 7.54. The largest absolute Gasteiger partial charge is 0.238 e. The maximum Gasteiger partial charge on any atom is 0.190 e. The van der Waals surface area contributed by atoms with E-state index in [0.29, 0.717) is 5.92 Å². The maximum atomic E-state index is 6.98. The van der Waals surface area contributed by atoms with Crippen LogP contribution < -0.4 is 0 Å². The lowest BCUT2D eigenvalue weighted by atomic mass is 9.97. The third-order valence-electron chi connectivity index (χ3n) is 2.20. The van der Waals surface area contributed by atoms with Crippen LogP contribution in [0.25, 0.3) is 4.85 Å². The van der Waals surface area contributed by atoms with E-state index in [1.165, 1.54) is 5.56 Å². The molecule has 0 N–H and O–H groups in total. The second kappa shape index (κ2) is 3.92. The molecular formula is C11H13N. The van der Waals surface area contributed by atoms with Gasteiger partial charge >= 0.3 is 0 Å². The fourth-order valence-electron chi connectivity index (χ4n) is 1.23. The van der Waals surface area contributed by atoms with E-state index >= 15 is 0 Å². The molecule has 12 heavy (non-hydrogen) atoms. The first-order valence-corrected chi connectivity index (χ1v) is 4.26. The van der Waals surface area contributed by atoms with Gasteiger partial charge in [-0.3, -0.25) is 0 Å². The summed E-state index contributed by atoms with van der Waals surface area (Å²) in [6.45, 7) is 11.3. The molecule has 1 aromatic carbocycles. The second-order valence-corrected chi connectivity index (χ2v) is 2.98. The van der Waals surface area contributed by atoms with Gasteiger partial charge in [-0.15, -0.1) is 0 Å². The van der Waals surface area contributed by atoms with Gasteiger partial charge in [-0.2, -0.15) is 0 Å². The summed E-state index contributed by atoms with van der Waals surface area (Å²) < 4.78 is 0. The number of hydrogen-bond acceptors (Lipinski definition) is 0. The molecule has 62 valence electrons. The molecule has 0 aliphatic rings. The van der Waals surface area contributed by atoms with Gasteiger partial charge < -0.3 is 0 Å². The van der Waals surface area contributed by atoms with Gasteiger partial charge in [0.15, 0.2) is 5.69 Å². The lowest BCUT2D eigenvalue weighted by Crippen LogP contribution is -1.90. The summed E-state index contributed by atoms with van der Waals surface area (Å²) in [6, 6.07) is 7.84. The highest BCUT2D eigenvalue weighted by molar-refractivity contribution is 5.53. The minimum Gasteiger partial charge on any atom is -0.238 e. The molecule has 0 radical (unpaired) electrons. The van der Waals surface area contributed by atoms with E-state index in [1.807, 2.05) is 24.3 Å². The quantitative estimate of drug-likeness (QED) is 0.579. The van der Waals surface area contributed by atoms with Crippen molar-refractivity contribution in [3.8, 4) is 0 Å². The Kier molecular flexibility index (Phi) is 2.88. The number of benzene rings is 1. The average molecular weight is 159 g/mol. The van der Waals surface area contributed by atoms with Crippen LogP contribution in [0.5, 0.6) is 0 Å². The molecule has 0 aliphatic carbocycles. The summed E-state index contributed by atoms with van der Waals surface area (Å²) >= 11 is 0.